The van der Waals surface area contributed by atoms with Gasteiger partial charge in [-0.3, -0.25) is 92.8 Å². The lowest BCUT2D eigenvalue weighted by molar-refractivity contribution is -0.142. The van der Waals surface area contributed by atoms with E-state index in [4.69, 9.17) is 38.5 Å². The lowest BCUT2D eigenvalue weighted by Gasteiger charge is -2.30. The van der Waals surface area contributed by atoms with E-state index in [0.717, 1.165) is 0 Å². The minimum Gasteiger partial charge on any atom is -0.508 e. The maximum atomic E-state index is 14.3. The molecule has 2 aromatic rings. The molecule has 0 bridgehead atoms. The second-order valence-corrected chi connectivity index (χ2v) is 31.9. The minimum atomic E-state index is -1.78. The van der Waals surface area contributed by atoms with Gasteiger partial charge in [-0.25, -0.2) is 4.79 Å². The second kappa shape index (κ2) is 59.3. The number of rotatable bonds is 62. The lowest BCUT2D eigenvalue weighted by Crippen LogP contribution is -2.62. The number of hydrogen-bond acceptors (Lipinski definition) is 27. The number of nitrogens with two attached hydrogens (primary N) is 4. The molecule has 127 heavy (non-hydrogen) atoms. The summed E-state index contributed by atoms with van der Waals surface area (Å²) < 4.78 is 5.71. The zero-order valence-corrected chi connectivity index (χ0v) is 74.2. The molecule has 0 saturated heterocycles. The average molecular weight is 1830 g/mol. The van der Waals surface area contributed by atoms with Crippen molar-refractivity contribution in [2.45, 2.75) is 217 Å². The van der Waals surface area contributed by atoms with Crippen LogP contribution in [0.1, 0.15) is 131 Å². The number of carbonyl (C=O) groups excluding carboxylic acids is 15. The van der Waals surface area contributed by atoms with E-state index >= 15 is 0 Å². The first kappa shape index (κ1) is 111. The van der Waals surface area contributed by atoms with E-state index in [1.807, 2.05) is 13.8 Å². The molecule has 15 amide bonds. The van der Waals surface area contributed by atoms with Crippen LogP contribution in [0.4, 0.5) is 0 Å². The number of phenols is 1. The highest BCUT2D eigenvalue weighted by atomic mass is 32.1. The Hall–Kier alpha value is -11.7. The number of guanidine groups is 2. The van der Waals surface area contributed by atoms with Gasteiger partial charge < -0.3 is 138 Å². The SMILES string of the molecule is CCC(C)C(NC(=O)C(CCCNC(=N)N)NC(=O)C(N)CC(C)C)C(=O)NC(C(=O)NC(CCC(N)=O)C(=O)NC(CS)C(=O)NC(CCCNC(=N)N)C(=O)NC(CO)COCNC(C(=O)NC(CCC(=O)O)C(=O)NCC(=O)NC(CO)C(=O)NC(CS)C(=O)NCC(=O)NC(Cc1ccccc1)C(=O)NC(Cc1ccc(O)cc1)C(=O)O)C(C)C)C(C)C. The molecule has 48 heteroatoms. The molecule has 0 saturated carbocycles. The summed E-state index contributed by atoms with van der Waals surface area (Å²) in [5.74, 6) is -20.3. The first-order chi connectivity index (χ1) is 59.9. The molecule has 0 radical (unpaired) electrons. The fourth-order valence-corrected chi connectivity index (χ4v) is 12.6. The number of aliphatic hydroxyl groups is 2. The largest absolute Gasteiger partial charge is 0.508 e. The smallest absolute Gasteiger partial charge is 0.326 e. The number of carboxylic acids is 2. The summed E-state index contributed by atoms with van der Waals surface area (Å²) in [6.45, 7) is 9.13. The first-order valence-electron chi connectivity index (χ1n) is 41.3. The summed E-state index contributed by atoms with van der Waals surface area (Å²) in [7, 11) is 0. The molecular weight excluding hydrogens is 1700 g/mol. The third kappa shape index (κ3) is 43.8. The molecule has 710 valence electrons. The summed E-state index contributed by atoms with van der Waals surface area (Å²) in [4.78, 5) is 229. The zero-order chi connectivity index (χ0) is 95.7. The van der Waals surface area contributed by atoms with Gasteiger partial charge in [0, 0.05) is 50.3 Å². The fourth-order valence-electron chi connectivity index (χ4n) is 12.1. The van der Waals surface area contributed by atoms with Crippen LogP contribution in [-0.4, -0.2) is 287 Å². The molecule has 0 aliphatic rings. The second-order valence-electron chi connectivity index (χ2n) is 31.1. The maximum absolute atomic E-state index is 14.3. The van der Waals surface area contributed by atoms with Crippen LogP contribution in [0, 0.1) is 34.5 Å². The number of hydrogen-bond donors (Lipinski definition) is 30. The summed E-state index contributed by atoms with van der Waals surface area (Å²) in [6.07, 6.45) is -1.60. The number of aliphatic hydroxyl groups excluding tert-OH is 2. The van der Waals surface area contributed by atoms with Crippen molar-refractivity contribution in [2.24, 2.45) is 46.6 Å². The Balaban J connectivity index is 2.20. The van der Waals surface area contributed by atoms with Crippen molar-refractivity contribution in [1.29, 1.82) is 10.8 Å². The molecule has 32 N–H and O–H groups in total. The molecule has 0 aromatic heterocycles. The molecule has 0 fully saturated rings. The Morgan fingerprint density at radius 1 is 0.441 bits per heavy atom. The number of amides is 15. The Bertz CT molecular complexity index is 3990. The van der Waals surface area contributed by atoms with Gasteiger partial charge in [-0.15, -0.1) is 0 Å². The van der Waals surface area contributed by atoms with Crippen LogP contribution in [0.5, 0.6) is 5.75 Å². The third-order valence-corrected chi connectivity index (χ3v) is 20.1. The zero-order valence-electron chi connectivity index (χ0n) is 72.4. The van der Waals surface area contributed by atoms with Gasteiger partial charge >= 0.3 is 11.9 Å². The van der Waals surface area contributed by atoms with Crippen molar-refractivity contribution in [3.8, 4) is 5.75 Å². The van der Waals surface area contributed by atoms with Crippen molar-refractivity contribution in [3.63, 3.8) is 0 Å². The Morgan fingerprint density at radius 2 is 0.850 bits per heavy atom. The van der Waals surface area contributed by atoms with Crippen LogP contribution < -0.4 is 113 Å². The normalized spacial score (nSPS) is 14.7. The van der Waals surface area contributed by atoms with Crippen molar-refractivity contribution in [2.75, 3.05) is 64.2 Å². The van der Waals surface area contributed by atoms with E-state index in [0.29, 0.717) is 24.0 Å². The van der Waals surface area contributed by atoms with Crippen molar-refractivity contribution >= 4 is 138 Å². The number of carbonyl (C=O) groups is 17. The van der Waals surface area contributed by atoms with Crippen LogP contribution in [-0.2, 0) is 99.1 Å². The number of benzene rings is 2. The summed E-state index contributed by atoms with van der Waals surface area (Å²) in [5.41, 5.74) is 23.5. The van der Waals surface area contributed by atoms with E-state index in [9.17, 15) is 107 Å². The van der Waals surface area contributed by atoms with Crippen LogP contribution in [0.15, 0.2) is 54.6 Å². The Labute approximate surface area is 746 Å². The van der Waals surface area contributed by atoms with Gasteiger partial charge in [-0.1, -0.05) is 104 Å². The van der Waals surface area contributed by atoms with E-state index in [1.54, 1.807) is 71.9 Å². The Kier molecular flexibility index (Phi) is 52.0. The van der Waals surface area contributed by atoms with Crippen molar-refractivity contribution in [1.82, 2.24) is 90.4 Å². The number of thiol groups is 2. The number of nitrogens with one attached hydrogen (secondary N) is 19. The number of aromatic hydroxyl groups is 1. The molecule has 2 rings (SSSR count). The molecule has 15 atom stereocenters. The topological polar surface area (TPSA) is 757 Å². The van der Waals surface area contributed by atoms with Gasteiger partial charge in [-0.2, -0.15) is 25.3 Å². The van der Waals surface area contributed by atoms with E-state index in [2.05, 4.69) is 116 Å². The van der Waals surface area contributed by atoms with Gasteiger partial charge in [0.05, 0.1) is 57.8 Å². The fraction of sp³-hybridized carbons (Fsp3) is 0.608. The lowest BCUT2D eigenvalue weighted by atomic mass is 9.95. The summed E-state index contributed by atoms with van der Waals surface area (Å²) >= 11 is 8.38. The highest BCUT2D eigenvalue weighted by Gasteiger charge is 2.38. The van der Waals surface area contributed by atoms with Crippen molar-refractivity contribution < 1.29 is 112 Å². The highest BCUT2D eigenvalue weighted by molar-refractivity contribution is 7.80. The number of primary amides is 1. The highest BCUT2D eigenvalue weighted by Crippen LogP contribution is 2.17. The predicted molar refractivity (Wildman–Crippen MR) is 469 cm³/mol. The van der Waals surface area contributed by atoms with E-state index in [-0.39, 0.29) is 69.2 Å². The van der Waals surface area contributed by atoms with E-state index in [1.165, 1.54) is 24.3 Å². The molecule has 46 nitrogen and oxygen atoms in total. The number of aliphatic carboxylic acids is 2. The monoisotopic (exact) mass is 1830 g/mol. The number of carboxylic acid groups (broad SMARTS) is 2. The summed E-state index contributed by atoms with van der Waals surface area (Å²) in [5, 5.41) is 107. The molecular formula is C79H129N23O23S2. The van der Waals surface area contributed by atoms with Gasteiger partial charge in [0.25, 0.3) is 0 Å². The van der Waals surface area contributed by atoms with Crippen molar-refractivity contribution in [3.05, 3.63) is 65.7 Å². The third-order valence-electron chi connectivity index (χ3n) is 19.4. The van der Waals surface area contributed by atoms with Crippen LogP contribution in [0.2, 0.25) is 0 Å². The molecule has 15 unspecified atom stereocenters. The first-order valence-corrected chi connectivity index (χ1v) is 42.5. The van der Waals surface area contributed by atoms with Gasteiger partial charge in [0.15, 0.2) is 11.9 Å². The molecule has 0 spiro atoms. The average Bonchev–Trinajstić information content (AvgIpc) is 0.844. The predicted octanol–water partition coefficient (Wildman–Crippen LogP) is -7.52. The Morgan fingerprint density at radius 3 is 1.34 bits per heavy atom. The number of ether oxygens (including phenoxy) is 1. The molecule has 0 heterocycles. The standard InChI is InChI=1S/C79H129N23O23S2/c1-9-43(8)64(102-70(116)50(18-14-28-87-79(84)85)94-65(111)48(80)29-40(2)3)76(122)101-63(42(6)7)75(121)97-52(23-25-58(81)106)69(115)100-57(38-127)73(119)95-49(17-13-27-86-78(82)83)68(114)91-46(34-103)36-125-39-90-62(41(4)5)74(120)96-51(24-26-61(109)110)66(112)88-33-60(108)93-55(35-104)72(118)99-56(37-126)67(113)89-32-59(107)92-53(30-44-15-11-10-12-16-44)71(117)98-54(77(123)124)31-45-19-21-47(105)22-20-45/h10-12,15-16,19-22,40-43,46,48-57,62-64,90,103-105,126-127H,9,13-14,17-18,23-39,80H2,1-8H3,(H2,81,106)(H,88,112)(H,89,113)(H,91,114)(H,92,107)(H,93,108)(H,94,111)(H,95,119)(H,96,120)(H,97,121)(H,98,117)(H,99,118)(H,100,115)(H,101,122)(H,102,116)(H,109,110)(H,123,124)(H4,82,83,86)(H4,84,85,87). The maximum Gasteiger partial charge on any atom is 0.326 e. The molecule has 0 aliphatic heterocycles. The van der Waals surface area contributed by atoms with E-state index < -0.39 is 286 Å². The quantitative estimate of drug-likeness (QED) is 0.00962. The molecule has 0 aliphatic carbocycles. The van der Waals surface area contributed by atoms with Gasteiger partial charge in [0.1, 0.15) is 72.2 Å². The van der Waals surface area contributed by atoms with Crippen LogP contribution in [0.25, 0.3) is 0 Å². The summed E-state index contributed by atoms with van der Waals surface area (Å²) in [6, 6.07) is -5.80. The molecule has 2 aromatic carbocycles. The van der Waals surface area contributed by atoms with Gasteiger partial charge in [-0.05, 0) is 91.9 Å². The number of phenolic OH excluding ortho intramolecular Hbond substituents is 1. The van der Waals surface area contributed by atoms with Crippen LogP contribution in [0.3, 0.4) is 0 Å². The van der Waals surface area contributed by atoms with Gasteiger partial charge in [0.2, 0.25) is 88.6 Å². The minimum absolute atomic E-state index is 0.0161. The van der Waals surface area contributed by atoms with Crippen LogP contribution >= 0.6 is 25.3 Å².